The molecular weight excluding hydrogens is 150 g/mol. The van der Waals surface area contributed by atoms with Crippen molar-refractivity contribution in [1.82, 2.24) is 0 Å². The molecule has 0 amide bonds. The second-order valence-corrected chi connectivity index (χ2v) is 2.87. The van der Waals surface area contributed by atoms with E-state index in [1.807, 2.05) is 0 Å². The fourth-order valence-electron chi connectivity index (χ4n) is 1.15. The van der Waals surface area contributed by atoms with Gasteiger partial charge in [-0.15, -0.1) is 0 Å². The van der Waals surface area contributed by atoms with E-state index >= 15 is 0 Å². The van der Waals surface area contributed by atoms with Crippen LogP contribution in [0.5, 0.6) is 0 Å². The molecule has 2 heteroatoms. The molecular formula is C10H15NO. The largest absolute Gasteiger partial charge is 0.375 e. The van der Waals surface area contributed by atoms with Gasteiger partial charge in [0, 0.05) is 13.7 Å². The van der Waals surface area contributed by atoms with Crippen LogP contribution in [0.25, 0.3) is 0 Å². The summed E-state index contributed by atoms with van der Waals surface area (Å²) in [7, 11) is 1.68. The van der Waals surface area contributed by atoms with Gasteiger partial charge in [-0.25, -0.2) is 0 Å². The van der Waals surface area contributed by atoms with Crippen LogP contribution in [0.1, 0.15) is 17.2 Å². The Kier molecular flexibility index (Phi) is 3.26. The van der Waals surface area contributed by atoms with Crippen LogP contribution in [0.3, 0.4) is 0 Å². The maximum atomic E-state index is 5.53. The van der Waals surface area contributed by atoms with Crippen LogP contribution in [0.4, 0.5) is 0 Å². The van der Waals surface area contributed by atoms with Crippen LogP contribution in [-0.2, 0) is 4.74 Å². The fourth-order valence-corrected chi connectivity index (χ4v) is 1.15. The minimum atomic E-state index is 0.0330. The average molecular weight is 165 g/mol. The van der Waals surface area contributed by atoms with Crippen LogP contribution in [0, 0.1) is 6.92 Å². The Morgan fingerprint density at radius 1 is 1.33 bits per heavy atom. The van der Waals surface area contributed by atoms with Gasteiger partial charge in [-0.1, -0.05) is 29.8 Å². The maximum Gasteiger partial charge on any atom is 0.0943 e. The van der Waals surface area contributed by atoms with Crippen molar-refractivity contribution < 1.29 is 4.74 Å². The highest BCUT2D eigenvalue weighted by Gasteiger charge is 2.06. The van der Waals surface area contributed by atoms with Gasteiger partial charge in [0.05, 0.1) is 6.10 Å². The quantitative estimate of drug-likeness (QED) is 0.739. The molecule has 0 bridgehead atoms. The monoisotopic (exact) mass is 165 g/mol. The van der Waals surface area contributed by atoms with Gasteiger partial charge in [-0.2, -0.15) is 0 Å². The third kappa shape index (κ3) is 2.06. The van der Waals surface area contributed by atoms with Crippen LogP contribution in [0.2, 0.25) is 0 Å². The van der Waals surface area contributed by atoms with Gasteiger partial charge in [0.25, 0.3) is 0 Å². The summed E-state index contributed by atoms with van der Waals surface area (Å²) in [6.07, 6.45) is 0.0330. The SMILES string of the molecule is CO[C@@H](CN)c1ccc(C)cc1. The molecule has 12 heavy (non-hydrogen) atoms. The van der Waals surface area contributed by atoms with Crippen molar-refractivity contribution in [2.45, 2.75) is 13.0 Å². The summed E-state index contributed by atoms with van der Waals surface area (Å²) in [4.78, 5) is 0. The molecule has 1 aromatic carbocycles. The molecule has 0 spiro atoms. The van der Waals surface area contributed by atoms with Crippen LogP contribution in [0.15, 0.2) is 24.3 Å². The summed E-state index contributed by atoms with van der Waals surface area (Å²) >= 11 is 0. The predicted molar refractivity (Wildman–Crippen MR) is 50.0 cm³/mol. The smallest absolute Gasteiger partial charge is 0.0943 e. The third-order valence-corrected chi connectivity index (χ3v) is 1.95. The van der Waals surface area contributed by atoms with Gasteiger partial charge in [0.1, 0.15) is 0 Å². The molecule has 0 saturated heterocycles. The molecule has 0 saturated carbocycles. The van der Waals surface area contributed by atoms with E-state index in [0.29, 0.717) is 6.54 Å². The molecule has 1 atom stereocenters. The van der Waals surface area contributed by atoms with E-state index in [9.17, 15) is 0 Å². The molecule has 0 heterocycles. The molecule has 0 aliphatic rings. The number of nitrogens with two attached hydrogens (primary N) is 1. The summed E-state index contributed by atoms with van der Waals surface area (Å²) in [5.41, 5.74) is 7.93. The number of hydrogen-bond donors (Lipinski definition) is 1. The molecule has 2 nitrogen and oxygen atoms in total. The van der Waals surface area contributed by atoms with Gasteiger partial charge in [0.15, 0.2) is 0 Å². The van der Waals surface area contributed by atoms with Crippen LogP contribution in [-0.4, -0.2) is 13.7 Å². The van der Waals surface area contributed by atoms with E-state index in [2.05, 4.69) is 31.2 Å². The molecule has 1 rings (SSSR count). The first-order chi connectivity index (χ1) is 5.77. The molecule has 0 aliphatic carbocycles. The first kappa shape index (κ1) is 9.23. The number of ether oxygens (including phenoxy) is 1. The molecule has 0 aromatic heterocycles. The van der Waals surface area contributed by atoms with Crippen molar-refractivity contribution in [1.29, 1.82) is 0 Å². The normalized spacial score (nSPS) is 12.9. The van der Waals surface area contributed by atoms with Crippen LogP contribution >= 0.6 is 0 Å². The summed E-state index contributed by atoms with van der Waals surface area (Å²) in [6.45, 7) is 2.59. The van der Waals surface area contributed by atoms with E-state index in [4.69, 9.17) is 10.5 Å². The Labute approximate surface area is 73.3 Å². The summed E-state index contributed by atoms with van der Waals surface area (Å²) in [5.74, 6) is 0. The Morgan fingerprint density at radius 2 is 1.92 bits per heavy atom. The first-order valence-electron chi connectivity index (χ1n) is 4.07. The molecule has 0 fully saturated rings. The summed E-state index contributed by atoms with van der Waals surface area (Å²) < 4.78 is 5.20. The summed E-state index contributed by atoms with van der Waals surface area (Å²) in [6, 6.07) is 8.24. The second kappa shape index (κ2) is 4.24. The van der Waals surface area contributed by atoms with E-state index in [0.717, 1.165) is 5.56 Å². The van der Waals surface area contributed by atoms with Gasteiger partial charge in [-0.3, -0.25) is 0 Å². The molecule has 66 valence electrons. The molecule has 1 aromatic rings. The Morgan fingerprint density at radius 3 is 2.33 bits per heavy atom. The molecule has 2 N–H and O–H groups in total. The lowest BCUT2D eigenvalue weighted by molar-refractivity contribution is 0.110. The lowest BCUT2D eigenvalue weighted by Crippen LogP contribution is -2.13. The molecule has 0 unspecified atom stereocenters. The fraction of sp³-hybridized carbons (Fsp3) is 0.400. The maximum absolute atomic E-state index is 5.53. The number of methoxy groups -OCH3 is 1. The first-order valence-corrected chi connectivity index (χ1v) is 4.07. The number of rotatable bonds is 3. The number of hydrogen-bond acceptors (Lipinski definition) is 2. The lowest BCUT2D eigenvalue weighted by atomic mass is 10.1. The summed E-state index contributed by atoms with van der Waals surface area (Å²) in [5, 5.41) is 0. The van der Waals surface area contributed by atoms with Gasteiger partial charge in [-0.05, 0) is 12.5 Å². The van der Waals surface area contributed by atoms with Crippen molar-refractivity contribution >= 4 is 0 Å². The van der Waals surface area contributed by atoms with E-state index in [-0.39, 0.29) is 6.10 Å². The standard InChI is InChI=1S/C10H15NO/c1-8-3-5-9(6-4-8)10(7-11)12-2/h3-6,10H,7,11H2,1-2H3/t10-/m0/s1. The van der Waals surface area contributed by atoms with Crippen molar-refractivity contribution in [3.63, 3.8) is 0 Å². The zero-order chi connectivity index (χ0) is 8.97. The highest BCUT2D eigenvalue weighted by Crippen LogP contribution is 2.15. The Balaban J connectivity index is 2.80. The topological polar surface area (TPSA) is 35.2 Å². The Bertz CT molecular complexity index is 226. The second-order valence-electron chi connectivity index (χ2n) is 2.87. The zero-order valence-corrected chi connectivity index (χ0v) is 7.58. The molecule has 0 radical (unpaired) electrons. The third-order valence-electron chi connectivity index (χ3n) is 1.95. The van der Waals surface area contributed by atoms with Crippen molar-refractivity contribution in [3.05, 3.63) is 35.4 Å². The average Bonchev–Trinajstić information content (AvgIpc) is 2.10. The predicted octanol–water partition coefficient (Wildman–Crippen LogP) is 1.64. The van der Waals surface area contributed by atoms with E-state index < -0.39 is 0 Å². The van der Waals surface area contributed by atoms with Crippen molar-refractivity contribution in [2.24, 2.45) is 5.73 Å². The highest BCUT2D eigenvalue weighted by molar-refractivity contribution is 5.23. The van der Waals surface area contributed by atoms with E-state index in [1.54, 1.807) is 7.11 Å². The molecule has 0 aliphatic heterocycles. The highest BCUT2D eigenvalue weighted by atomic mass is 16.5. The van der Waals surface area contributed by atoms with Crippen LogP contribution < -0.4 is 5.73 Å². The van der Waals surface area contributed by atoms with Gasteiger partial charge < -0.3 is 10.5 Å². The van der Waals surface area contributed by atoms with Crippen molar-refractivity contribution in [3.8, 4) is 0 Å². The minimum absolute atomic E-state index is 0.0330. The Hall–Kier alpha value is -0.860. The lowest BCUT2D eigenvalue weighted by Gasteiger charge is -2.12. The van der Waals surface area contributed by atoms with Crippen molar-refractivity contribution in [2.75, 3.05) is 13.7 Å². The minimum Gasteiger partial charge on any atom is -0.375 e. The number of benzene rings is 1. The number of aryl methyl sites for hydroxylation is 1. The van der Waals surface area contributed by atoms with E-state index in [1.165, 1.54) is 5.56 Å². The van der Waals surface area contributed by atoms with Gasteiger partial charge in [0.2, 0.25) is 0 Å². The van der Waals surface area contributed by atoms with Gasteiger partial charge >= 0.3 is 0 Å². The zero-order valence-electron chi connectivity index (χ0n) is 7.58.